The van der Waals surface area contributed by atoms with Gasteiger partial charge >= 0.3 is 0 Å². The summed E-state index contributed by atoms with van der Waals surface area (Å²) < 4.78 is 24.5. The van der Waals surface area contributed by atoms with Gasteiger partial charge in [0.15, 0.2) is 12.1 Å². The van der Waals surface area contributed by atoms with Gasteiger partial charge in [0.05, 0.1) is 12.7 Å². The fraction of sp³-hybridized carbons (Fsp3) is 0.667. The predicted molar refractivity (Wildman–Crippen MR) is 83.2 cm³/mol. The zero-order chi connectivity index (χ0) is 15.6. The molecule has 4 heteroatoms. The van der Waals surface area contributed by atoms with E-state index >= 15 is 0 Å². The van der Waals surface area contributed by atoms with Crippen molar-refractivity contribution in [3.05, 3.63) is 35.9 Å². The molecule has 22 heavy (non-hydrogen) atoms. The van der Waals surface area contributed by atoms with Crippen LogP contribution in [0.1, 0.15) is 45.6 Å². The number of ether oxygens (including phenoxy) is 4. The molecule has 0 saturated carbocycles. The molecule has 4 atom stereocenters. The van der Waals surface area contributed by atoms with Crippen molar-refractivity contribution >= 4 is 0 Å². The normalized spacial score (nSPS) is 33.0. The van der Waals surface area contributed by atoms with Crippen molar-refractivity contribution in [2.24, 2.45) is 0 Å². The SMILES string of the molecule is CC[C@H]1O[C@@H]2OC(CC)(CC)O[C@@H]2[C@H]1OCc1ccccc1. The second kappa shape index (κ2) is 6.67. The lowest BCUT2D eigenvalue weighted by atomic mass is 10.1. The first-order valence-electron chi connectivity index (χ1n) is 8.38. The van der Waals surface area contributed by atoms with Gasteiger partial charge in [-0.2, -0.15) is 0 Å². The van der Waals surface area contributed by atoms with Crippen LogP contribution in [0, 0.1) is 0 Å². The number of rotatable bonds is 6. The Labute approximate surface area is 132 Å². The highest BCUT2D eigenvalue weighted by atomic mass is 16.8. The van der Waals surface area contributed by atoms with E-state index in [2.05, 4.69) is 32.9 Å². The van der Waals surface area contributed by atoms with Crippen molar-refractivity contribution in [2.45, 2.75) is 77.0 Å². The van der Waals surface area contributed by atoms with Crippen molar-refractivity contribution in [2.75, 3.05) is 0 Å². The fourth-order valence-electron chi connectivity index (χ4n) is 3.28. The summed E-state index contributed by atoms with van der Waals surface area (Å²) >= 11 is 0. The van der Waals surface area contributed by atoms with Crippen LogP contribution in [0.3, 0.4) is 0 Å². The van der Waals surface area contributed by atoms with Crippen molar-refractivity contribution in [3.8, 4) is 0 Å². The Hall–Kier alpha value is -0.940. The van der Waals surface area contributed by atoms with Crippen LogP contribution < -0.4 is 0 Å². The molecule has 0 bridgehead atoms. The highest BCUT2D eigenvalue weighted by molar-refractivity contribution is 5.13. The van der Waals surface area contributed by atoms with E-state index in [-0.39, 0.29) is 24.6 Å². The van der Waals surface area contributed by atoms with Crippen LogP contribution in [0.15, 0.2) is 30.3 Å². The maximum Gasteiger partial charge on any atom is 0.190 e. The first-order valence-corrected chi connectivity index (χ1v) is 8.38. The van der Waals surface area contributed by atoms with E-state index in [1.807, 2.05) is 18.2 Å². The third-order valence-corrected chi connectivity index (χ3v) is 4.71. The number of benzene rings is 1. The van der Waals surface area contributed by atoms with Crippen molar-refractivity contribution in [1.82, 2.24) is 0 Å². The molecule has 4 nitrogen and oxygen atoms in total. The molecule has 2 saturated heterocycles. The van der Waals surface area contributed by atoms with E-state index in [1.54, 1.807) is 0 Å². The monoisotopic (exact) mass is 306 g/mol. The van der Waals surface area contributed by atoms with Crippen LogP contribution in [-0.2, 0) is 25.6 Å². The maximum absolute atomic E-state index is 6.23. The average molecular weight is 306 g/mol. The highest BCUT2D eigenvalue weighted by Crippen LogP contribution is 2.42. The number of hydrogen-bond donors (Lipinski definition) is 0. The molecule has 2 aliphatic rings. The Morgan fingerprint density at radius 1 is 1.05 bits per heavy atom. The molecule has 122 valence electrons. The average Bonchev–Trinajstić information content (AvgIpc) is 3.08. The van der Waals surface area contributed by atoms with Gasteiger partial charge < -0.3 is 18.9 Å². The molecule has 0 aromatic heterocycles. The molecule has 2 fully saturated rings. The summed E-state index contributed by atoms with van der Waals surface area (Å²) in [5, 5.41) is 0. The van der Waals surface area contributed by atoms with Gasteiger partial charge in [-0.05, 0) is 24.8 Å². The molecular formula is C18H26O4. The predicted octanol–water partition coefficient (Wildman–Crippen LogP) is 3.64. The Kier molecular flexibility index (Phi) is 4.83. The smallest absolute Gasteiger partial charge is 0.190 e. The topological polar surface area (TPSA) is 36.9 Å². The van der Waals surface area contributed by atoms with Crippen LogP contribution >= 0.6 is 0 Å². The van der Waals surface area contributed by atoms with E-state index in [4.69, 9.17) is 18.9 Å². The molecule has 0 radical (unpaired) electrons. The molecule has 0 aliphatic carbocycles. The standard InChI is InChI=1S/C18H26O4/c1-4-14-15(19-12-13-10-8-7-9-11-13)16-17(20-14)22-18(5-2,6-3)21-16/h7-11,14-17H,4-6,12H2,1-3H3/t14-,15+,16-,17-/m1/s1. The van der Waals surface area contributed by atoms with Gasteiger partial charge in [-0.1, -0.05) is 51.1 Å². The molecule has 1 aromatic carbocycles. The van der Waals surface area contributed by atoms with E-state index in [9.17, 15) is 0 Å². The molecule has 3 rings (SSSR count). The van der Waals surface area contributed by atoms with Gasteiger partial charge in [-0.3, -0.25) is 0 Å². The van der Waals surface area contributed by atoms with Crippen LogP contribution in [-0.4, -0.2) is 30.4 Å². The molecular weight excluding hydrogens is 280 g/mol. The highest BCUT2D eigenvalue weighted by Gasteiger charge is 2.56. The van der Waals surface area contributed by atoms with Gasteiger partial charge in [0, 0.05) is 0 Å². The molecule has 0 N–H and O–H groups in total. The Balaban J connectivity index is 1.68. The lowest BCUT2D eigenvalue weighted by molar-refractivity contribution is -0.239. The van der Waals surface area contributed by atoms with Gasteiger partial charge in [0.2, 0.25) is 0 Å². The Bertz CT molecular complexity index is 471. The summed E-state index contributed by atoms with van der Waals surface area (Å²) in [7, 11) is 0. The first kappa shape index (κ1) is 15.9. The van der Waals surface area contributed by atoms with E-state index < -0.39 is 5.79 Å². The van der Waals surface area contributed by atoms with Crippen molar-refractivity contribution < 1.29 is 18.9 Å². The molecule has 1 aromatic rings. The molecule has 0 unspecified atom stereocenters. The molecule has 2 aliphatic heterocycles. The maximum atomic E-state index is 6.23. The fourth-order valence-corrected chi connectivity index (χ4v) is 3.28. The largest absolute Gasteiger partial charge is 0.368 e. The zero-order valence-electron chi connectivity index (χ0n) is 13.7. The third kappa shape index (κ3) is 2.93. The quantitative estimate of drug-likeness (QED) is 0.804. The second-order valence-electron chi connectivity index (χ2n) is 6.03. The lowest BCUT2D eigenvalue weighted by Gasteiger charge is -2.29. The molecule has 0 amide bonds. The van der Waals surface area contributed by atoms with Gasteiger partial charge in [0.25, 0.3) is 0 Å². The summed E-state index contributed by atoms with van der Waals surface area (Å²) in [4.78, 5) is 0. The first-order chi connectivity index (χ1) is 10.7. The minimum Gasteiger partial charge on any atom is -0.368 e. The van der Waals surface area contributed by atoms with E-state index in [0.717, 1.165) is 24.8 Å². The molecule has 0 spiro atoms. The van der Waals surface area contributed by atoms with Crippen molar-refractivity contribution in [1.29, 1.82) is 0 Å². The minimum atomic E-state index is -0.512. The van der Waals surface area contributed by atoms with Gasteiger partial charge in [0.1, 0.15) is 12.2 Å². The van der Waals surface area contributed by atoms with Gasteiger partial charge in [-0.25, -0.2) is 0 Å². The van der Waals surface area contributed by atoms with Crippen LogP contribution in [0.25, 0.3) is 0 Å². The van der Waals surface area contributed by atoms with Crippen molar-refractivity contribution in [3.63, 3.8) is 0 Å². The van der Waals surface area contributed by atoms with Gasteiger partial charge in [-0.15, -0.1) is 0 Å². The summed E-state index contributed by atoms with van der Waals surface area (Å²) in [6.45, 7) is 6.85. The van der Waals surface area contributed by atoms with Crippen LogP contribution in [0.4, 0.5) is 0 Å². The molecule has 2 heterocycles. The third-order valence-electron chi connectivity index (χ3n) is 4.71. The lowest BCUT2D eigenvalue weighted by Crippen LogP contribution is -2.38. The van der Waals surface area contributed by atoms with E-state index in [1.165, 1.54) is 0 Å². The van der Waals surface area contributed by atoms with E-state index in [0.29, 0.717) is 6.61 Å². The number of hydrogen-bond acceptors (Lipinski definition) is 4. The second-order valence-corrected chi connectivity index (χ2v) is 6.03. The Morgan fingerprint density at radius 2 is 1.77 bits per heavy atom. The number of fused-ring (bicyclic) bond motifs is 1. The minimum absolute atomic E-state index is 0.0328. The summed E-state index contributed by atoms with van der Waals surface area (Å²) in [6.07, 6.45) is 2.06. The van der Waals surface area contributed by atoms with Crippen LogP contribution in [0.2, 0.25) is 0 Å². The summed E-state index contributed by atoms with van der Waals surface area (Å²) in [6, 6.07) is 10.2. The Morgan fingerprint density at radius 3 is 2.41 bits per heavy atom. The van der Waals surface area contributed by atoms with Crippen LogP contribution in [0.5, 0.6) is 0 Å². The summed E-state index contributed by atoms with van der Waals surface area (Å²) in [5.41, 5.74) is 1.16. The zero-order valence-corrected chi connectivity index (χ0v) is 13.7. The summed E-state index contributed by atoms with van der Waals surface area (Å²) in [5.74, 6) is -0.512.